The summed E-state index contributed by atoms with van der Waals surface area (Å²) in [6, 6.07) is 8.06. The fraction of sp³-hybridized carbons (Fsp3) is 0.500. The molecular weight excluding hydrogens is 292 g/mol. The number of halogens is 1. The Morgan fingerprint density at radius 3 is 2.39 bits per heavy atom. The van der Waals surface area contributed by atoms with E-state index >= 15 is 0 Å². The van der Waals surface area contributed by atoms with Crippen LogP contribution in [0.2, 0.25) is 0 Å². The van der Waals surface area contributed by atoms with E-state index in [4.69, 9.17) is 4.84 Å². The lowest BCUT2D eigenvalue weighted by Gasteiger charge is -2.16. The first-order valence-electron chi connectivity index (χ1n) is 6.32. The number of likely N-dealkylation sites (N-methyl/N-ethyl adjacent to an activating group) is 1. The monoisotopic (exact) mass is 312 g/mol. The van der Waals surface area contributed by atoms with Gasteiger partial charge in [-0.2, -0.15) is 0 Å². The molecule has 100 valence electrons. The topological polar surface area (TPSA) is 24.8 Å². The van der Waals surface area contributed by atoms with E-state index in [9.17, 15) is 0 Å². The molecule has 0 amide bonds. The van der Waals surface area contributed by atoms with E-state index in [1.807, 2.05) is 31.2 Å². The van der Waals surface area contributed by atoms with Gasteiger partial charge in [-0.3, -0.25) is 0 Å². The van der Waals surface area contributed by atoms with Gasteiger partial charge in [0.1, 0.15) is 6.61 Å². The molecule has 18 heavy (non-hydrogen) atoms. The van der Waals surface area contributed by atoms with E-state index in [0.29, 0.717) is 6.61 Å². The molecule has 0 atom stereocenters. The molecule has 0 N–H and O–H groups in total. The number of rotatable bonds is 7. The molecule has 0 radical (unpaired) electrons. The lowest BCUT2D eigenvalue weighted by Crippen LogP contribution is -2.26. The summed E-state index contributed by atoms with van der Waals surface area (Å²) in [6.45, 7) is 9.92. The molecule has 1 aromatic carbocycles. The van der Waals surface area contributed by atoms with Crippen molar-refractivity contribution < 1.29 is 4.84 Å². The second kappa shape index (κ2) is 8.27. The number of nitrogens with zero attached hydrogens (tertiary/aromatic N) is 2. The van der Waals surface area contributed by atoms with Gasteiger partial charge in [-0.25, -0.2) is 0 Å². The van der Waals surface area contributed by atoms with Gasteiger partial charge in [0.2, 0.25) is 0 Å². The molecule has 0 heterocycles. The Kier molecular flexibility index (Phi) is 6.98. The molecule has 1 aromatic rings. The van der Waals surface area contributed by atoms with E-state index < -0.39 is 0 Å². The number of hydrogen-bond donors (Lipinski definition) is 0. The van der Waals surface area contributed by atoms with Crippen molar-refractivity contribution in [3.8, 4) is 0 Å². The highest BCUT2D eigenvalue weighted by Crippen LogP contribution is 2.11. The Bertz CT molecular complexity index is 372. The summed E-state index contributed by atoms with van der Waals surface area (Å²) in [5.74, 6) is 0. The van der Waals surface area contributed by atoms with Gasteiger partial charge in [-0.05, 0) is 37.7 Å². The van der Waals surface area contributed by atoms with Gasteiger partial charge in [0.15, 0.2) is 0 Å². The number of benzene rings is 1. The highest BCUT2D eigenvalue weighted by atomic mass is 79.9. The van der Waals surface area contributed by atoms with E-state index in [1.165, 1.54) is 0 Å². The van der Waals surface area contributed by atoms with Crippen LogP contribution in [0, 0.1) is 0 Å². The lowest BCUT2D eigenvalue weighted by molar-refractivity contribution is 0.114. The first kappa shape index (κ1) is 15.2. The molecule has 0 saturated carbocycles. The van der Waals surface area contributed by atoms with Gasteiger partial charge in [0.25, 0.3) is 0 Å². The maximum atomic E-state index is 5.35. The Labute approximate surface area is 118 Å². The van der Waals surface area contributed by atoms with Crippen LogP contribution in [0.5, 0.6) is 0 Å². The maximum absolute atomic E-state index is 5.35. The highest BCUT2D eigenvalue weighted by Gasteiger charge is 2.00. The average Bonchev–Trinajstić information content (AvgIpc) is 2.39. The lowest BCUT2D eigenvalue weighted by atomic mass is 10.1. The van der Waals surface area contributed by atoms with Crippen molar-refractivity contribution in [2.45, 2.75) is 20.8 Å². The summed E-state index contributed by atoms with van der Waals surface area (Å²) < 4.78 is 1.07. The molecule has 1 rings (SSSR count). The zero-order valence-corrected chi connectivity index (χ0v) is 12.9. The molecule has 0 bridgehead atoms. The Balaban J connectivity index is 2.40. The van der Waals surface area contributed by atoms with Gasteiger partial charge < -0.3 is 9.74 Å². The largest absolute Gasteiger partial charge is 0.394 e. The molecule has 0 aromatic heterocycles. The Morgan fingerprint density at radius 2 is 1.83 bits per heavy atom. The third-order valence-electron chi connectivity index (χ3n) is 2.86. The number of oxime groups is 1. The zero-order valence-electron chi connectivity index (χ0n) is 11.3. The van der Waals surface area contributed by atoms with Crippen LogP contribution in [0.15, 0.2) is 33.9 Å². The normalized spacial score (nSPS) is 11.9. The van der Waals surface area contributed by atoms with Crippen molar-refractivity contribution in [3.05, 3.63) is 34.3 Å². The van der Waals surface area contributed by atoms with Crippen molar-refractivity contribution in [3.63, 3.8) is 0 Å². The fourth-order valence-electron chi connectivity index (χ4n) is 1.60. The van der Waals surface area contributed by atoms with E-state index in [-0.39, 0.29) is 0 Å². The molecule has 0 spiro atoms. The van der Waals surface area contributed by atoms with Gasteiger partial charge >= 0.3 is 0 Å². The fourth-order valence-corrected chi connectivity index (χ4v) is 1.86. The highest BCUT2D eigenvalue weighted by molar-refractivity contribution is 9.10. The average molecular weight is 313 g/mol. The summed E-state index contributed by atoms with van der Waals surface area (Å²) in [5.41, 5.74) is 1.99. The van der Waals surface area contributed by atoms with Crippen LogP contribution in [0.4, 0.5) is 0 Å². The molecular formula is C14H21BrN2O. The Morgan fingerprint density at radius 1 is 1.22 bits per heavy atom. The van der Waals surface area contributed by atoms with Gasteiger partial charge in [0.05, 0.1) is 5.71 Å². The van der Waals surface area contributed by atoms with Crippen LogP contribution in [-0.2, 0) is 4.84 Å². The van der Waals surface area contributed by atoms with Crippen molar-refractivity contribution in [2.75, 3.05) is 26.2 Å². The standard InChI is InChI=1S/C14H21BrN2O/c1-4-17(5-2)10-11-18-16-12(3)13-6-8-14(15)9-7-13/h6-9H,4-5,10-11H2,1-3H3/b16-12+. The van der Waals surface area contributed by atoms with Crippen LogP contribution in [0.3, 0.4) is 0 Å². The summed E-state index contributed by atoms with van der Waals surface area (Å²) >= 11 is 3.41. The summed E-state index contributed by atoms with van der Waals surface area (Å²) in [7, 11) is 0. The molecule has 0 aliphatic rings. The summed E-state index contributed by atoms with van der Waals surface area (Å²) in [6.07, 6.45) is 0. The Hall–Kier alpha value is -0.870. The minimum atomic E-state index is 0.634. The van der Waals surface area contributed by atoms with Gasteiger partial charge in [0, 0.05) is 11.0 Å². The van der Waals surface area contributed by atoms with Crippen LogP contribution in [0.1, 0.15) is 26.3 Å². The minimum Gasteiger partial charge on any atom is -0.394 e. The first-order chi connectivity index (χ1) is 8.67. The number of hydrogen-bond acceptors (Lipinski definition) is 3. The van der Waals surface area contributed by atoms with E-state index in [2.05, 4.69) is 39.8 Å². The van der Waals surface area contributed by atoms with Gasteiger partial charge in [-0.1, -0.05) is 47.1 Å². The van der Waals surface area contributed by atoms with Gasteiger partial charge in [-0.15, -0.1) is 0 Å². The van der Waals surface area contributed by atoms with Crippen molar-refractivity contribution in [2.24, 2.45) is 5.16 Å². The first-order valence-corrected chi connectivity index (χ1v) is 7.11. The van der Waals surface area contributed by atoms with Crippen LogP contribution >= 0.6 is 15.9 Å². The molecule has 0 saturated heterocycles. The SMILES string of the molecule is CCN(CC)CCO/N=C(\C)c1ccc(Br)cc1. The smallest absolute Gasteiger partial charge is 0.129 e. The summed E-state index contributed by atoms with van der Waals surface area (Å²) in [5, 5.41) is 4.14. The zero-order chi connectivity index (χ0) is 13.4. The third-order valence-corrected chi connectivity index (χ3v) is 3.39. The summed E-state index contributed by atoms with van der Waals surface area (Å²) in [4.78, 5) is 7.66. The second-order valence-corrected chi connectivity index (χ2v) is 4.96. The molecule has 0 aliphatic heterocycles. The second-order valence-electron chi connectivity index (χ2n) is 4.04. The van der Waals surface area contributed by atoms with E-state index in [0.717, 1.165) is 35.4 Å². The van der Waals surface area contributed by atoms with Crippen molar-refractivity contribution in [1.82, 2.24) is 4.90 Å². The van der Waals surface area contributed by atoms with E-state index in [1.54, 1.807) is 0 Å². The quantitative estimate of drug-likeness (QED) is 0.437. The molecule has 4 heteroatoms. The molecule has 0 aliphatic carbocycles. The van der Waals surface area contributed by atoms with Crippen molar-refractivity contribution >= 4 is 21.6 Å². The van der Waals surface area contributed by atoms with Crippen LogP contribution < -0.4 is 0 Å². The van der Waals surface area contributed by atoms with Crippen molar-refractivity contribution in [1.29, 1.82) is 0 Å². The minimum absolute atomic E-state index is 0.634. The maximum Gasteiger partial charge on any atom is 0.129 e. The predicted molar refractivity (Wildman–Crippen MR) is 80.1 cm³/mol. The molecule has 0 fully saturated rings. The van der Waals surface area contributed by atoms with Crippen LogP contribution in [0.25, 0.3) is 0 Å². The van der Waals surface area contributed by atoms with Crippen LogP contribution in [-0.4, -0.2) is 36.9 Å². The predicted octanol–water partition coefficient (Wildman–Crippen LogP) is 3.53. The third kappa shape index (κ3) is 5.19. The molecule has 3 nitrogen and oxygen atoms in total. The molecule has 0 unspecified atom stereocenters.